The average Bonchev–Trinajstić information content (AvgIpc) is 2.10. The molecule has 0 rings (SSSR count). The minimum Gasteiger partial charge on any atom is -0.386 e. The van der Waals surface area contributed by atoms with Crippen LogP contribution in [0.4, 0.5) is 0 Å². The maximum Gasteiger partial charge on any atom is 0.322 e. The van der Waals surface area contributed by atoms with Crippen molar-refractivity contribution >= 4 is 16.5 Å². The molecular formula is C11H27AlN2. The predicted molar refractivity (Wildman–Crippen MR) is 67.4 cm³/mol. The summed E-state index contributed by atoms with van der Waals surface area (Å²) in [7, 11) is 0. The van der Waals surface area contributed by atoms with Crippen molar-refractivity contribution in [3.63, 3.8) is 0 Å². The van der Waals surface area contributed by atoms with Gasteiger partial charge in [0, 0.05) is 0 Å². The summed E-state index contributed by atoms with van der Waals surface area (Å²) >= 11 is 1.18. The molecule has 14 heavy (non-hydrogen) atoms. The molecule has 0 heterocycles. The van der Waals surface area contributed by atoms with Gasteiger partial charge in [0.25, 0.3) is 0 Å². The van der Waals surface area contributed by atoms with E-state index in [4.69, 9.17) is 0 Å². The molecule has 0 spiro atoms. The van der Waals surface area contributed by atoms with Crippen LogP contribution in [0.1, 0.15) is 41.0 Å². The summed E-state index contributed by atoms with van der Waals surface area (Å²) in [6.45, 7) is 16.3. The molecule has 0 aliphatic rings. The van der Waals surface area contributed by atoms with E-state index in [0.29, 0.717) is 5.54 Å². The van der Waals surface area contributed by atoms with Crippen molar-refractivity contribution in [2.75, 3.05) is 26.2 Å². The first-order valence-electron chi connectivity index (χ1n) is 5.85. The number of rotatable bonds is 6. The molecule has 0 aromatic carbocycles. The highest BCUT2D eigenvalue weighted by Gasteiger charge is 2.15. The molecule has 0 saturated heterocycles. The summed E-state index contributed by atoms with van der Waals surface area (Å²) < 4.78 is 2.57. The van der Waals surface area contributed by atoms with Crippen LogP contribution in [0.5, 0.6) is 0 Å². The van der Waals surface area contributed by atoms with Crippen LogP contribution in [-0.2, 0) is 0 Å². The lowest BCUT2D eigenvalue weighted by Gasteiger charge is -2.34. The third kappa shape index (κ3) is 6.03. The summed E-state index contributed by atoms with van der Waals surface area (Å²) in [6, 6.07) is 0. The first-order chi connectivity index (χ1) is 6.41. The van der Waals surface area contributed by atoms with Crippen LogP contribution < -0.4 is 0 Å². The van der Waals surface area contributed by atoms with E-state index in [1.807, 2.05) is 0 Å². The second kappa shape index (κ2) is 6.85. The number of nitrogens with zero attached hydrogens (tertiary/aromatic N) is 2. The van der Waals surface area contributed by atoms with Gasteiger partial charge in [-0.05, 0) is 58.9 Å². The van der Waals surface area contributed by atoms with Crippen molar-refractivity contribution in [2.24, 2.45) is 0 Å². The molecule has 2 nitrogen and oxygen atoms in total. The average molecular weight is 214 g/mol. The normalized spacial score (nSPS) is 12.8. The smallest absolute Gasteiger partial charge is 0.322 e. The zero-order valence-corrected chi connectivity index (χ0v) is 12.9. The second-order valence-electron chi connectivity index (χ2n) is 4.97. The first kappa shape index (κ1) is 14.5. The molecule has 3 heteroatoms. The van der Waals surface area contributed by atoms with E-state index in [0.717, 1.165) is 0 Å². The monoisotopic (exact) mass is 214 g/mol. The lowest BCUT2D eigenvalue weighted by molar-refractivity contribution is 0.232. The Morgan fingerprint density at radius 3 is 1.86 bits per heavy atom. The van der Waals surface area contributed by atoms with E-state index in [1.54, 1.807) is 0 Å². The number of hydrogen-bond donors (Lipinski definition) is 0. The highest BCUT2D eigenvalue weighted by atomic mass is 27.1. The van der Waals surface area contributed by atoms with E-state index >= 15 is 0 Å². The zero-order chi connectivity index (χ0) is 11.2. The first-order valence-corrected chi connectivity index (χ1v) is 6.74. The lowest BCUT2D eigenvalue weighted by Crippen LogP contribution is -2.41. The fourth-order valence-electron chi connectivity index (χ4n) is 1.41. The Bertz CT molecular complexity index is 139. The van der Waals surface area contributed by atoms with Gasteiger partial charge in [0.2, 0.25) is 0 Å². The van der Waals surface area contributed by atoms with Crippen LogP contribution in [0, 0.1) is 0 Å². The summed E-state index contributed by atoms with van der Waals surface area (Å²) in [5.41, 5.74) is 0.371. The quantitative estimate of drug-likeness (QED) is 0.616. The maximum atomic E-state index is 2.57. The Balaban J connectivity index is 3.63. The van der Waals surface area contributed by atoms with Gasteiger partial charge in [0.05, 0.1) is 0 Å². The molecule has 0 unspecified atom stereocenters. The lowest BCUT2D eigenvalue weighted by atomic mass is 10.1. The molecule has 0 N–H and O–H groups in total. The van der Waals surface area contributed by atoms with Gasteiger partial charge in [-0.3, -0.25) is 0 Å². The zero-order valence-electron chi connectivity index (χ0n) is 10.9. The fourth-order valence-corrected chi connectivity index (χ4v) is 1.72. The fraction of sp³-hybridized carbons (Fsp3) is 1.00. The van der Waals surface area contributed by atoms with Gasteiger partial charge in [-0.2, -0.15) is 0 Å². The summed E-state index contributed by atoms with van der Waals surface area (Å²) in [5, 5.41) is 0. The van der Waals surface area contributed by atoms with Crippen LogP contribution in [0.25, 0.3) is 0 Å². The standard InChI is InChI=1S/C11H25N2.Al.2H/c1-6-13(7-2)10-8-9-12-11(3,4)5;;;/h6-10H2,1-5H3;;;/q-1;+1;;. The molecule has 0 radical (unpaired) electrons. The van der Waals surface area contributed by atoms with Gasteiger partial charge < -0.3 is 8.78 Å². The SMILES string of the molecule is CCN(CC)CCC[N]([AlH2])C(C)(C)C. The Morgan fingerprint density at radius 1 is 1.00 bits per heavy atom. The molecule has 0 aromatic heterocycles. The van der Waals surface area contributed by atoms with Gasteiger partial charge in [0.1, 0.15) is 0 Å². The maximum absolute atomic E-state index is 2.57. The third-order valence-corrected chi connectivity index (χ3v) is 4.80. The van der Waals surface area contributed by atoms with E-state index in [9.17, 15) is 0 Å². The van der Waals surface area contributed by atoms with Gasteiger partial charge in [-0.15, -0.1) is 0 Å². The van der Waals surface area contributed by atoms with Crippen LogP contribution in [0.3, 0.4) is 0 Å². The van der Waals surface area contributed by atoms with Gasteiger partial charge >= 0.3 is 16.5 Å². The topological polar surface area (TPSA) is 6.48 Å². The Labute approximate surface area is 98.3 Å². The third-order valence-electron chi connectivity index (χ3n) is 3.01. The Kier molecular flexibility index (Phi) is 7.07. The molecule has 0 aliphatic carbocycles. The Hall–Kier alpha value is 0.452. The highest BCUT2D eigenvalue weighted by Crippen LogP contribution is 2.09. The summed E-state index contributed by atoms with van der Waals surface area (Å²) in [4.78, 5) is 2.50. The molecule has 0 atom stereocenters. The summed E-state index contributed by atoms with van der Waals surface area (Å²) in [6.07, 6.45) is 1.31. The van der Waals surface area contributed by atoms with Crippen molar-refractivity contribution < 1.29 is 0 Å². The van der Waals surface area contributed by atoms with Crippen molar-refractivity contribution in [3.8, 4) is 0 Å². The van der Waals surface area contributed by atoms with Crippen molar-refractivity contribution in [2.45, 2.75) is 46.6 Å². The van der Waals surface area contributed by atoms with E-state index in [-0.39, 0.29) is 0 Å². The van der Waals surface area contributed by atoms with Crippen molar-refractivity contribution in [1.82, 2.24) is 8.78 Å². The second-order valence-corrected chi connectivity index (χ2v) is 6.05. The minimum atomic E-state index is 0.371. The molecule has 0 saturated carbocycles. The van der Waals surface area contributed by atoms with E-state index in [1.165, 1.54) is 49.1 Å². The molecule has 0 fully saturated rings. The summed E-state index contributed by atoms with van der Waals surface area (Å²) in [5.74, 6) is 0. The van der Waals surface area contributed by atoms with Crippen LogP contribution in [0.2, 0.25) is 0 Å². The van der Waals surface area contributed by atoms with Crippen LogP contribution >= 0.6 is 0 Å². The van der Waals surface area contributed by atoms with Crippen LogP contribution in [0.15, 0.2) is 0 Å². The highest BCUT2D eigenvalue weighted by molar-refractivity contribution is 6.04. The molecule has 0 aromatic rings. The van der Waals surface area contributed by atoms with Crippen LogP contribution in [-0.4, -0.2) is 57.0 Å². The molecular weight excluding hydrogens is 187 g/mol. The van der Waals surface area contributed by atoms with Crippen molar-refractivity contribution in [3.05, 3.63) is 0 Å². The molecule has 0 amide bonds. The largest absolute Gasteiger partial charge is 0.386 e. The Morgan fingerprint density at radius 2 is 1.50 bits per heavy atom. The van der Waals surface area contributed by atoms with Crippen molar-refractivity contribution in [1.29, 1.82) is 0 Å². The molecule has 0 bridgehead atoms. The van der Waals surface area contributed by atoms with Gasteiger partial charge in [0.15, 0.2) is 0 Å². The molecule has 0 aliphatic heterocycles. The van der Waals surface area contributed by atoms with E-state index < -0.39 is 0 Å². The van der Waals surface area contributed by atoms with Gasteiger partial charge in [-0.1, -0.05) is 13.8 Å². The van der Waals surface area contributed by atoms with Gasteiger partial charge in [-0.25, -0.2) is 0 Å². The molecule has 84 valence electrons. The predicted octanol–water partition coefficient (Wildman–Crippen LogP) is 1.37. The minimum absolute atomic E-state index is 0.371. The van der Waals surface area contributed by atoms with E-state index in [2.05, 4.69) is 43.4 Å². The number of hydrogen-bond acceptors (Lipinski definition) is 2.